The van der Waals surface area contributed by atoms with Crippen LogP contribution in [-0.2, 0) is 21.2 Å². The number of hydrogen-bond donors (Lipinski definition) is 1. The minimum atomic E-state index is -3.32. The molecular weight excluding hydrogens is 306 g/mol. The second-order valence-electron chi connectivity index (χ2n) is 5.45. The first-order chi connectivity index (χ1) is 10.4. The van der Waals surface area contributed by atoms with Crippen LogP contribution < -0.4 is 0 Å². The Labute approximate surface area is 128 Å². The van der Waals surface area contributed by atoms with Crippen molar-refractivity contribution in [1.82, 2.24) is 24.9 Å². The first-order valence-electron chi connectivity index (χ1n) is 6.93. The van der Waals surface area contributed by atoms with Gasteiger partial charge in [-0.3, -0.25) is 14.6 Å². The van der Waals surface area contributed by atoms with Gasteiger partial charge in [0.1, 0.15) is 11.4 Å². The van der Waals surface area contributed by atoms with E-state index in [0.717, 1.165) is 12.7 Å². The van der Waals surface area contributed by atoms with Crippen LogP contribution in [0.3, 0.4) is 0 Å². The van der Waals surface area contributed by atoms with E-state index in [0.29, 0.717) is 18.8 Å². The molecule has 8 nitrogen and oxygen atoms in total. The molecule has 1 fully saturated rings. The summed E-state index contributed by atoms with van der Waals surface area (Å²) < 4.78 is 25.1. The standard InChI is InChI=1S/C13H17N5O3S/c1-22(20,21)11-7-14-16-13(11)10-3-6-17(8-10)12(19)9-18-5-2-4-15-18/h2,4-5,7,10H,3,6,8-9H2,1H3,(H,14,16)/t10-/m1/s1. The highest BCUT2D eigenvalue weighted by atomic mass is 32.2. The molecule has 0 radical (unpaired) electrons. The number of aromatic amines is 1. The van der Waals surface area contributed by atoms with Crippen LogP contribution in [0.4, 0.5) is 0 Å². The molecule has 0 aromatic carbocycles. The zero-order valence-corrected chi connectivity index (χ0v) is 13.0. The molecule has 0 bridgehead atoms. The summed E-state index contributed by atoms with van der Waals surface area (Å²) in [6.45, 7) is 1.29. The molecule has 1 aliphatic heterocycles. The summed E-state index contributed by atoms with van der Waals surface area (Å²) in [4.78, 5) is 14.2. The Balaban J connectivity index is 1.70. The van der Waals surface area contributed by atoms with Crippen molar-refractivity contribution in [3.8, 4) is 0 Å². The molecule has 22 heavy (non-hydrogen) atoms. The second kappa shape index (κ2) is 5.56. The van der Waals surface area contributed by atoms with E-state index in [-0.39, 0.29) is 23.3 Å². The Kier molecular flexibility index (Phi) is 3.73. The number of hydrogen-bond acceptors (Lipinski definition) is 5. The van der Waals surface area contributed by atoms with Gasteiger partial charge in [-0.15, -0.1) is 0 Å². The molecular formula is C13H17N5O3S. The molecule has 1 amide bonds. The average molecular weight is 323 g/mol. The van der Waals surface area contributed by atoms with Gasteiger partial charge in [-0.05, 0) is 12.5 Å². The molecule has 1 atom stereocenters. The van der Waals surface area contributed by atoms with Gasteiger partial charge in [0, 0.05) is 37.7 Å². The highest BCUT2D eigenvalue weighted by Crippen LogP contribution is 2.30. The Bertz CT molecular complexity index is 765. The highest BCUT2D eigenvalue weighted by Gasteiger charge is 2.31. The van der Waals surface area contributed by atoms with E-state index < -0.39 is 9.84 Å². The number of rotatable bonds is 4. The molecule has 0 saturated carbocycles. The first-order valence-corrected chi connectivity index (χ1v) is 8.83. The van der Waals surface area contributed by atoms with Gasteiger partial charge in [0.2, 0.25) is 5.91 Å². The molecule has 118 valence electrons. The van der Waals surface area contributed by atoms with Crippen molar-refractivity contribution >= 4 is 15.7 Å². The van der Waals surface area contributed by atoms with Crippen molar-refractivity contribution in [3.63, 3.8) is 0 Å². The van der Waals surface area contributed by atoms with E-state index >= 15 is 0 Å². The van der Waals surface area contributed by atoms with E-state index in [1.54, 1.807) is 28.0 Å². The topological polar surface area (TPSA) is 101 Å². The molecule has 3 heterocycles. The van der Waals surface area contributed by atoms with Crippen LogP contribution in [-0.4, -0.2) is 58.5 Å². The smallest absolute Gasteiger partial charge is 0.244 e. The Morgan fingerprint density at radius 2 is 2.32 bits per heavy atom. The maximum Gasteiger partial charge on any atom is 0.244 e. The largest absolute Gasteiger partial charge is 0.340 e. The molecule has 1 saturated heterocycles. The van der Waals surface area contributed by atoms with Crippen LogP contribution in [0.1, 0.15) is 18.0 Å². The lowest BCUT2D eigenvalue weighted by Crippen LogP contribution is -2.32. The van der Waals surface area contributed by atoms with Crippen LogP contribution in [0, 0.1) is 0 Å². The normalized spacial score (nSPS) is 18.8. The number of carbonyl (C=O) groups is 1. The van der Waals surface area contributed by atoms with Gasteiger partial charge < -0.3 is 4.90 Å². The Morgan fingerprint density at radius 3 is 3.00 bits per heavy atom. The molecule has 1 aliphatic rings. The molecule has 1 N–H and O–H groups in total. The fourth-order valence-corrected chi connectivity index (χ4v) is 3.58. The van der Waals surface area contributed by atoms with Gasteiger partial charge in [-0.1, -0.05) is 0 Å². The van der Waals surface area contributed by atoms with Crippen LogP contribution in [0.2, 0.25) is 0 Å². The minimum Gasteiger partial charge on any atom is -0.340 e. The van der Waals surface area contributed by atoms with E-state index in [2.05, 4.69) is 15.3 Å². The van der Waals surface area contributed by atoms with Crippen molar-refractivity contribution in [1.29, 1.82) is 0 Å². The number of H-pyrrole nitrogens is 1. The lowest BCUT2D eigenvalue weighted by molar-refractivity contribution is -0.131. The van der Waals surface area contributed by atoms with E-state index in [1.165, 1.54) is 6.20 Å². The van der Waals surface area contributed by atoms with E-state index in [4.69, 9.17) is 0 Å². The van der Waals surface area contributed by atoms with Gasteiger partial charge in [0.15, 0.2) is 9.84 Å². The van der Waals surface area contributed by atoms with E-state index in [9.17, 15) is 13.2 Å². The van der Waals surface area contributed by atoms with Gasteiger partial charge in [-0.25, -0.2) is 8.42 Å². The predicted molar refractivity (Wildman–Crippen MR) is 77.9 cm³/mol. The summed E-state index contributed by atoms with van der Waals surface area (Å²) in [6.07, 6.45) is 6.58. The van der Waals surface area contributed by atoms with E-state index in [1.807, 2.05) is 0 Å². The average Bonchev–Trinajstić information content (AvgIpc) is 3.18. The molecule has 2 aromatic heterocycles. The summed E-state index contributed by atoms with van der Waals surface area (Å²) >= 11 is 0. The van der Waals surface area contributed by atoms with Crippen LogP contribution >= 0.6 is 0 Å². The predicted octanol–water partition coefficient (Wildman–Crippen LogP) is 0.0258. The maximum absolute atomic E-state index is 12.2. The molecule has 0 aliphatic carbocycles. The van der Waals surface area contributed by atoms with Crippen LogP contribution in [0.5, 0.6) is 0 Å². The summed E-state index contributed by atoms with van der Waals surface area (Å²) in [5.74, 6) is -0.0552. The number of nitrogens with zero attached hydrogens (tertiary/aromatic N) is 4. The van der Waals surface area contributed by atoms with Crippen molar-refractivity contribution in [2.24, 2.45) is 0 Å². The minimum absolute atomic E-state index is 0.0216. The van der Waals surface area contributed by atoms with Crippen molar-refractivity contribution in [2.75, 3.05) is 19.3 Å². The molecule has 3 rings (SSSR count). The first kappa shape index (κ1) is 14.8. The molecule has 0 unspecified atom stereocenters. The molecule has 0 spiro atoms. The lowest BCUT2D eigenvalue weighted by Gasteiger charge is -2.16. The molecule has 2 aromatic rings. The fourth-order valence-electron chi connectivity index (χ4n) is 2.73. The summed E-state index contributed by atoms with van der Waals surface area (Å²) in [6, 6.07) is 1.77. The summed E-state index contributed by atoms with van der Waals surface area (Å²) in [5.41, 5.74) is 0.594. The van der Waals surface area contributed by atoms with Gasteiger partial charge in [0.25, 0.3) is 0 Å². The van der Waals surface area contributed by atoms with Gasteiger partial charge in [-0.2, -0.15) is 10.2 Å². The second-order valence-corrected chi connectivity index (χ2v) is 7.43. The zero-order valence-electron chi connectivity index (χ0n) is 12.1. The summed E-state index contributed by atoms with van der Waals surface area (Å²) in [5, 5.41) is 10.6. The zero-order chi connectivity index (χ0) is 15.7. The number of likely N-dealkylation sites (tertiary alicyclic amines) is 1. The Hall–Kier alpha value is -2.16. The monoisotopic (exact) mass is 323 g/mol. The van der Waals surface area contributed by atoms with Gasteiger partial charge >= 0.3 is 0 Å². The highest BCUT2D eigenvalue weighted by molar-refractivity contribution is 7.90. The SMILES string of the molecule is CS(=O)(=O)c1cn[nH]c1[C@@H]1CCN(C(=O)Cn2cccn2)C1. The third-order valence-electron chi connectivity index (χ3n) is 3.84. The fraction of sp³-hybridized carbons (Fsp3) is 0.462. The third kappa shape index (κ3) is 2.89. The summed E-state index contributed by atoms with van der Waals surface area (Å²) in [7, 11) is -3.32. The van der Waals surface area contributed by atoms with Crippen LogP contribution in [0.15, 0.2) is 29.6 Å². The van der Waals surface area contributed by atoms with Crippen molar-refractivity contribution in [3.05, 3.63) is 30.4 Å². The van der Waals surface area contributed by atoms with Crippen molar-refractivity contribution in [2.45, 2.75) is 23.8 Å². The maximum atomic E-state index is 12.2. The number of nitrogens with one attached hydrogen (secondary N) is 1. The van der Waals surface area contributed by atoms with Crippen LogP contribution in [0.25, 0.3) is 0 Å². The quantitative estimate of drug-likeness (QED) is 0.855. The molecule has 9 heteroatoms. The number of sulfone groups is 1. The number of carbonyl (C=O) groups excluding carboxylic acids is 1. The Morgan fingerprint density at radius 1 is 1.50 bits per heavy atom. The third-order valence-corrected chi connectivity index (χ3v) is 4.96. The van der Waals surface area contributed by atoms with Crippen molar-refractivity contribution < 1.29 is 13.2 Å². The number of amides is 1. The van der Waals surface area contributed by atoms with Gasteiger partial charge in [0.05, 0.1) is 11.9 Å². The number of aromatic nitrogens is 4. The lowest BCUT2D eigenvalue weighted by atomic mass is 10.1.